The van der Waals surface area contributed by atoms with Crippen LogP contribution in [-0.2, 0) is 0 Å². The van der Waals surface area contributed by atoms with Gasteiger partial charge in [0.25, 0.3) is 0 Å². The van der Waals surface area contributed by atoms with E-state index in [2.05, 4.69) is 0 Å². The van der Waals surface area contributed by atoms with E-state index in [1.807, 2.05) is 0 Å². The fraction of sp³-hybridized carbons (Fsp3) is 1.00. The first-order valence-corrected chi connectivity index (χ1v) is 3.90. The lowest BCUT2D eigenvalue weighted by atomic mass is 10.3. The van der Waals surface area contributed by atoms with E-state index in [1.54, 1.807) is 0 Å². The highest BCUT2D eigenvalue weighted by Crippen LogP contribution is 1.80. The first-order valence-electron chi connectivity index (χ1n) is 3.90. The quantitative estimate of drug-likeness (QED) is 0.223. The highest BCUT2D eigenvalue weighted by molar-refractivity contribution is 4.30. The zero-order valence-electron chi connectivity index (χ0n) is 7.63. The topological polar surface area (TPSA) is 121 Å². The number of hydrogen-bond donors (Lipinski definition) is 6. The molecule has 0 aromatic carbocycles. The summed E-state index contributed by atoms with van der Waals surface area (Å²) in [4.78, 5) is 0. The van der Waals surface area contributed by atoms with Crippen LogP contribution in [-0.4, -0.2) is 63.9 Å². The van der Waals surface area contributed by atoms with E-state index in [1.165, 1.54) is 0 Å². The van der Waals surface area contributed by atoms with Crippen LogP contribution in [0.25, 0.3) is 0 Å². The van der Waals surface area contributed by atoms with Gasteiger partial charge in [-0.15, -0.1) is 0 Å². The fourth-order valence-corrected chi connectivity index (χ4v) is 0.224. The standard InChI is InChI=1S/C4H10O2.C2H6O2.CH4O2/c5-3-1-2-4-6;3-1-2-4;2-1-3/h5-6H,1-4H2;3-4H,1-2H2;2-3H,1H2. The molecule has 0 aromatic heterocycles. The van der Waals surface area contributed by atoms with E-state index in [0.29, 0.717) is 0 Å². The van der Waals surface area contributed by atoms with Gasteiger partial charge in [-0.3, -0.25) is 0 Å². The molecule has 0 amide bonds. The largest absolute Gasteiger partial charge is 0.396 e. The molecule has 0 heterocycles. The summed E-state index contributed by atoms with van der Waals surface area (Å²) >= 11 is 0. The highest BCUT2D eigenvalue weighted by Gasteiger charge is 1.77. The molecular weight excluding hydrogens is 180 g/mol. The van der Waals surface area contributed by atoms with E-state index >= 15 is 0 Å². The van der Waals surface area contributed by atoms with Crippen molar-refractivity contribution < 1.29 is 30.6 Å². The molecular formula is C7H20O6. The Labute approximate surface area is 77.7 Å². The summed E-state index contributed by atoms with van der Waals surface area (Å²) in [6, 6.07) is 0. The summed E-state index contributed by atoms with van der Waals surface area (Å²) in [5.41, 5.74) is 0. The van der Waals surface area contributed by atoms with Crippen molar-refractivity contribution in [2.24, 2.45) is 0 Å². The first kappa shape index (κ1) is 18.5. The third-order valence-corrected chi connectivity index (χ3v) is 0.666. The van der Waals surface area contributed by atoms with Crippen molar-refractivity contribution in [2.75, 3.05) is 33.2 Å². The summed E-state index contributed by atoms with van der Waals surface area (Å²) in [6.07, 6.45) is 1.44. The van der Waals surface area contributed by atoms with Crippen molar-refractivity contribution in [1.82, 2.24) is 0 Å². The molecule has 84 valence electrons. The summed E-state index contributed by atoms with van der Waals surface area (Å²) < 4.78 is 0. The van der Waals surface area contributed by atoms with Crippen molar-refractivity contribution in [3.63, 3.8) is 0 Å². The van der Waals surface area contributed by atoms with Gasteiger partial charge < -0.3 is 30.6 Å². The van der Waals surface area contributed by atoms with Crippen LogP contribution in [0.1, 0.15) is 12.8 Å². The van der Waals surface area contributed by atoms with Crippen molar-refractivity contribution in [3.8, 4) is 0 Å². The Balaban J connectivity index is -0.000000125. The highest BCUT2D eigenvalue weighted by atomic mass is 16.5. The van der Waals surface area contributed by atoms with Gasteiger partial charge in [0, 0.05) is 13.2 Å². The van der Waals surface area contributed by atoms with Gasteiger partial charge in [-0.1, -0.05) is 0 Å². The lowest BCUT2D eigenvalue weighted by Crippen LogP contribution is -1.85. The van der Waals surface area contributed by atoms with E-state index in [4.69, 9.17) is 30.6 Å². The van der Waals surface area contributed by atoms with Crippen LogP contribution < -0.4 is 0 Å². The Morgan fingerprint density at radius 1 is 0.462 bits per heavy atom. The van der Waals surface area contributed by atoms with Crippen molar-refractivity contribution in [3.05, 3.63) is 0 Å². The van der Waals surface area contributed by atoms with Crippen LogP contribution in [0.5, 0.6) is 0 Å². The second kappa shape index (κ2) is 29.8. The number of aliphatic hydroxyl groups excluding tert-OH is 5. The second-order valence-electron chi connectivity index (χ2n) is 1.74. The first-order chi connectivity index (χ1) is 6.24. The average molecular weight is 200 g/mol. The Kier molecular flexibility index (Phi) is 42.5. The molecule has 0 atom stereocenters. The SMILES string of the molecule is OCCCCO.OCCO.OCO. The molecule has 0 radical (unpaired) electrons. The molecule has 0 bridgehead atoms. The van der Waals surface area contributed by atoms with Gasteiger partial charge >= 0.3 is 0 Å². The van der Waals surface area contributed by atoms with Crippen LogP contribution in [0.2, 0.25) is 0 Å². The number of unbranched alkanes of at least 4 members (excludes halogenated alkanes) is 1. The molecule has 0 saturated heterocycles. The molecule has 0 saturated carbocycles. The maximum atomic E-state index is 8.09. The van der Waals surface area contributed by atoms with Crippen LogP contribution in [0.3, 0.4) is 0 Å². The van der Waals surface area contributed by atoms with Crippen LogP contribution in [0.4, 0.5) is 0 Å². The average Bonchev–Trinajstić information content (AvgIpc) is 2.16. The fourth-order valence-electron chi connectivity index (χ4n) is 0.224. The van der Waals surface area contributed by atoms with Gasteiger partial charge in [-0.2, -0.15) is 0 Å². The number of hydrogen-bond acceptors (Lipinski definition) is 6. The summed E-state index contributed by atoms with van der Waals surface area (Å²) in [7, 11) is 0. The van der Waals surface area contributed by atoms with Gasteiger partial charge in [-0.05, 0) is 12.8 Å². The van der Waals surface area contributed by atoms with Crippen molar-refractivity contribution in [1.29, 1.82) is 0 Å². The molecule has 0 fully saturated rings. The molecule has 0 aliphatic rings. The molecule has 0 spiro atoms. The van der Waals surface area contributed by atoms with Crippen molar-refractivity contribution in [2.45, 2.75) is 12.8 Å². The molecule has 6 N–H and O–H groups in total. The van der Waals surface area contributed by atoms with Gasteiger partial charge in [0.15, 0.2) is 0 Å². The Bertz CT molecular complexity index is 46.2. The van der Waals surface area contributed by atoms with Crippen LogP contribution in [0, 0.1) is 0 Å². The third-order valence-electron chi connectivity index (χ3n) is 0.666. The van der Waals surface area contributed by atoms with Gasteiger partial charge in [0.1, 0.15) is 6.79 Å². The summed E-state index contributed by atoms with van der Waals surface area (Å²) in [5.74, 6) is 0. The van der Waals surface area contributed by atoms with Gasteiger partial charge in [0.05, 0.1) is 13.2 Å². The normalized spacial score (nSPS) is 7.85. The van der Waals surface area contributed by atoms with Crippen molar-refractivity contribution >= 4 is 0 Å². The predicted octanol–water partition coefficient (Wildman–Crippen LogP) is -2.35. The summed E-state index contributed by atoms with van der Waals surface area (Å²) in [5, 5.41) is 45.7. The Morgan fingerprint density at radius 2 is 0.692 bits per heavy atom. The van der Waals surface area contributed by atoms with E-state index in [-0.39, 0.29) is 26.4 Å². The predicted molar refractivity (Wildman–Crippen MR) is 46.9 cm³/mol. The zero-order chi connectivity index (χ0) is 10.9. The maximum Gasteiger partial charge on any atom is 0.140 e. The zero-order valence-corrected chi connectivity index (χ0v) is 7.63. The van der Waals surface area contributed by atoms with E-state index in [9.17, 15) is 0 Å². The Morgan fingerprint density at radius 3 is 0.769 bits per heavy atom. The van der Waals surface area contributed by atoms with Crippen LogP contribution in [0.15, 0.2) is 0 Å². The molecule has 6 nitrogen and oxygen atoms in total. The molecule has 0 aliphatic carbocycles. The monoisotopic (exact) mass is 200 g/mol. The minimum atomic E-state index is -0.750. The van der Waals surface area contributed by atoms with Gasteiger partial charge in [-0.25, -0.2) is 0 Å². The lowest BCUT2D eigenvalue weighted by molar-refractivity contribution is 0.0773. The summed E-state index contributed by atoms with van der Waals surface area (Å²) in [6.45, 7) is -0.610. The minimum absolute atomic E-state index is 0.125. The Hall–Kier alpha value is -0.240. The van der Waals surface area contributed by atoms with Crippen LogP contribution >= 0.6 is 0 Å². The van der Waals surface area contributed by atoms with E-state index in [0.717, 1.165) is 12.8 Å². The molecule has 0 aliphatic heterocycles. The third kappa shape index (κ3) is 79.2. The molecule has 6 heteroatoms. The maximum absolute atomic E-state index is 8.09. The number of rotatable bonds is 4. The van der Waals surface area contributed by atoms with E-state index < -0.39 is 6.79 Å². The second-order valence-corrected chi connectivity index (χ2v) is 1.74. The molecule has 0 rings (SSSR count). The smallest absolute Gasteiger partial charge is 0.140 e. The number of aliphatic hydroxyl groups is 6. The molecule has 0 unspecified atom stereocenters. The van der Waals surface area contributed by atoms with Gasteiger partial charge in [0.2, 0.25) is 0 Å². The molecule has 0 aromatic rings. The molecule has 13 heavy (non-hydrogen) atoms. The lowest BCUT2D eigenvalue weighted by Gasteiger charge is -1.85. The minimum Gasteiger partial charge on any atom is -0.396 e.